The predicted molar refractivity (Wildman–Crippen MR) is 83.7 cm³/mol. The molecule has 0 aliphatic rings. The molecule has 0 aliphatic carbocycles. The van der Waals surface area contributed by atoms with Gasteiger partial charge >= 0.3 is 0 Å². The summed E-state index contributed by atoms with van der Waals surface area (Å²) < 4.78 is 1.77. The van der Waals surface area contributed by atoms with E-state index in [2.05, 4.69) is 51.3 Å². The van der Waals surface area contributed by atoms with Crippen molar-refractivity contribution < 1.29 is 0 Å². The van der Waals surface area contributed by atoms with Gasteiger partial charge in [-0.3, -0.25) is 4.57 Å². The molecule has 21 heavy (non-hydrogen) atoms. The van der Waals surface area contributed by atoms with Gasteiger partial charge in [0.05, 0.1) is 0 Å². The van der Waals surface area contributed by atoms with E-state index >= 15 is 0 Å². The van der Waals surface area contributed by atoms with E-state index in [-0.39, 0.29) is 0 Å². The monoisotopic (exact) mass is 289 g/mol. The molecule has 0 radical (unpaired) electrons. The normalized spacial score (nSPS) is 10.9. The second-order valence-electron chi connectivity index (χ2n) is 4.84. The molecule has 2 heterocycles. The quantitative estimate of drug-likeness (QED) is 0.777. The van der Waals surface area contributed by atoms with Crippen LogP contribution in [0.5, 0.6) is 0 Å². The second-order valence-corrected chi connectivity index (χ2v) is 4.84. The number of hydrogen-bond acceptors (Lipinski definition) is 6. The highest BCUT2D eigenvalue weighted by Gasteiger charge is 2.10. The van der Waals surface area contributed by atoms with Crippen molar-refractivity contribution in [2.24, 2.45) is 0 Å². The fourth-order valence-electron chi connectivity index (χ4n) is 1.91. The van der Waals surface area contributed by atoms with Crippen LogP contribution in [0.15, 0.2) is 18.7 Å². The zero-order valence-electron chi connectivity index (χ0n) is 12.9. The third-order valence-corrected chi connectivity index (χ3v) is 3.21. The van der Waals surface area contributed by atoms with Crippen molar-refractivity contribution in [3.8, 4) is 5.95 Å². The first-order valence-corrected chi connectivity index (χ1v) is 7.51. The van der Waals surface area contributed by atoms with Crippen LogP contribution in [0.4, 0.5) is 11.9 Å². The lowest BCUT2D eigenvalue weighted by Crippen LogP contribution is -2.20. The molecule has 0 aromatic carbocycles. The van der Waals surface area contributed by atoms with Gasteiger partial charge in [-0.15, -0.1) is 0 Å². The molecule has 0 fully saturated rings. The highest BCUT2D eigenvalue weighted by atomic mass is 15.3. The van der Waals surface area contributed by atoms with Crippen LogP contribution in [0.3, 0.4) is 0 Å². The molecule has 0 saturated heterocycles. The Hall–Kier alpha value is -2.18. The Morgan fingerprint density at radius 1 is 1.10 bits per heavy atom. The molecule has 0 atom stereocenters. The van der Waals surface area contributed by atoms with Crippen LogP contribution in [0, 0.1) is 0 Å². The molecule has 2 aromatic heterocycles. The molecule has 7 nitrogen and oxygen atoms in total. The van der Waals surface area contributed by atoms with Crippen molar-refractivity contribution >= 4 is 11.9 Å². The molecule has 7 heteroatoms. The van der Waals surface area contributed by atoms with Crippen molar-refractivity contribution in [2.45, 2.75) is 46.1 Å². The van der Waals surface area contributed by atoms with Crippen molar-refractivity contribution in [1.82, 2.24) is 24.5 Å². The van der Waals surface area contributed by atoms with Gasteiger partial charge in [0.2, 0.25) is 17.8 Å². The Bertz CT molecular complexity index is 534. The Morgan fingerprint density at radius 2 is 1.86 bits per heavy atom. The maximum atomic E-state index is 4.47. The van der Waals surface area contributed by atoms with Crippen LogP contribution in [-0.4, -0.2) is 37.1 Å². The fourth-order valence-corrected chi connectivity index (χ4v) is 1.91. The summed E-state index contributed by atoms with van der Waals surface area (Å²) in [5, 5.41) is 6.57. The first kappa shape index (κ1) is 15.2. The Labute approximate surface area is 125 Å². The summed E-state index contributed by atoms with van der Waals surface area (Å²) in [6.45, 7) is 7.23. The number of rotatable bonds is 8. The molecule has 0 aliphatic heterocycles. The lowest BCUT2D eigenvalue weighted by molar-refractivity contribution is 0.662. The zero-order valence-corrected chi connectivity index (χ0v) is 12.9. The topological polar surface area (TPSA) is 80.5 Å². The first-order chi connectivity index (χ1) is 10.3. The van der Waals surface area contributed by atoms with Crippen molar-refractivity contribution in [2.75, 3.05) is 17.2 Å². The van der Waals surface area contributed by atoms with E-state index in [1.807, 2.05) is 6.20 Å². The van der Waals surface area contributed by atoms with Crippen molar-refractivity contribution in [3.63, 3.8) is 0 Å². The van der Waals surface area contributed by atoms with E-state index in [1.54, 1.807) is 17.1 Å². The van der Waals surface area contributed by atoms with Crippen molar-refractivity contribution in [1.29, 1.82) is 0 Å². The Balaban J connectivity index is 2.28. The van der Waals surface area contributed by atoms with Gasteiger partial charge in [-0.1, -0.05) is 20.8 Å². The number of nitrogens with zero attached hydrogens (tertiary/aromatic N) is 5. The Kier molecular flexibility index (Phi) is 5.48. The third-order valence-electron chi connectivity index (χ3n) is 3.21. The lowest BCUT2D eigenvalue weighted by atomic mass is 10.2. The molecule has 0 amide bonds. The summed E-state index contributed by atoms with van der Waals surface area (Å²) in [5.41, 5.74) is 0. The molecule has 0 spiro atoms. The lowest BCUT2D eigenvalue weighted by Gasteiger charge is -2.16. The number of aromatic nitrogens is 5. The maximum Gasteiger partial charge on any atom is 0.241 e. The summed E-state index contributed by atoms with van der Waals surface area (Å²) >= 11 is 0. The van der Waals surface area contributed by atoms with Crippen LogP contribution < -0.4 is 10.6 Å². The summed E-state index contributed by atoms with van der Waals surface area (Å²) in [6, 6.07) is 0.363. The van der Waals surface area contributed by atoms with Gasteiger partial charge in [0.15, 0.2) is 0 Å². The minimum atomic E-state index is 0.363. The van der Waals surface area contributed by atoms with Gasteiger partial charge in [-0.25, -0.2) is 4.98 Å². The molecule has 2 aromatic rings. The zero-order chi connectivity index (χ0) is 15.1. The standard InChI is InChI=1S/C14H23N7/c1-4-7-16-12-18-13(17-11(5-2)6-3)20-14(19-12)21-9-8-15-10-21/h8-11H,4-7H2,1-3H3,(H2,16,17,18,19,20). The molecular weight excluding hydrogens is 266 g/mol. The van der Waals surface area contributed by atoms with Gasteiger partial charge in [0, 0.05) is 25.0 Å². The molecule has 2 rings (SSSR count). The van der Waals surface area contributed by atoms with E-state index < -0.39 is 0 Å². The van der Waals surface area contributed by atoms with E-state index in [4.69, 9.17) is 0 Å². The average Bonchev–Trinajstić information content (AvgIpc) is 3.05. The minimum absolute atomic E-state index is 0.363. The largest absolute Gasteiger partial charge is 0.354 e. The average molecular weight is 289 g/mol. The molecule has 2 N–H and O–H groups in total. The summed E-state index contributed by atoms with van der Waals surface area (Å²) in [5.74, 6) is 1.75. The minimum Gasteiger partial charge on any atom is -0.354 e. The number of anilines is 2. The highest BCUT2D eigenvalue weighted by molar-refractivity contribution is 5.38. The van der Waals surface area contributed by atoms with Crippen LogP contribution in [0.1, 0.15) is 40.0 Å². The number of nitrogens with one attached hydrogen (secondary N) is 2. The van der Waals surface area contributed by atoms with Gasteiger partial charge in [0.1, 0.15) is 6.33 Å². The Morgan fingerprint density at radius 3 is 2.48 bits per heavy atom. The van der Waals surface area contributed by atoms with Crippen LogP contribution in [-0.2, 0) is 0 Å². The summed E-state index contributed by atoms with van der Waals surface area (Å²) in [6.07, 6.45) is 8.28. The summed E-state index contributed by atoms with van der Waals surface area (Å²) in [7, 11) is 0. The number of imidazole rings is 1. The third kappa shape index (κ3) is 4.14. The highest BCUT2D eigenvalue weighted by Crippen LogP contribution is 2.12. The fraction of sp³-hybridized carbons (Fsp3) is 0.571. The predicted octanol–water partition coefficient (Wildman–Crippen LogP) is 2.48. The number of hydrogen-bond donors (Lipinski definition) is 2. The second kappa shape index (κ2) is 7.56. The first-order valence-electron chi connectivity index (χ1n) is 7.51. The van der Waals surface area contributed by atoms with E-state index in [0.29, 0.717) is 23.9 Å². The van der Waals surface area contributed by atoms with Gasteiger partial charge in [-0.05, 0) is 19.3 Å². The van der Waals surface area contributed by atoms with Gasteiger partial charge in [0.25, 0.3) is 0 Å². The van der Waals surface area contributed by atoms with Crippen LogP contribution in [0.25, 0.3) is 5.95 Å². The molecule has 0 unspecified atom stereocenters. The van der Waals surface area contributed by atoms with E-state index in [0.717, 1.165) is 25.8 Å². The smallest absolute Gasteiger partial charge is 0.241 e. The SMILES string of the molecule is CCCNc1nc(NC(CC)CC)nc(-n2ccnc2)n1. The van der Waals surface area contributed by atoms with E-state index in [1.165, 1.54) is 0 Å². The van der Waals surface area contributed by atoms with E-state index in [9.17, 15) is 0 Å². The summed E-state index contributed by atoms with van der Waals surface area (Å²) in [4.78, 5) is 17.4. The maximum absolute atomic E-state index is 4.47. The van der Waals surface area contributed by atoms with Gasteiger partial charge in [-0.2, -0.15) is 15.0 Å². The van der Waals surface area contributed by atoms with Crippen LogP contribution in [0.2, 0.25) is 0 Å². The van der Waals surface area contributed by atoms with Crippen LogP contribution >= 0.6 is 0 Å². The molecule has 114 valence electrons. The molecule has 0 saturated carbocycles. The molecule has 0 bridgehead atoms. The molecular formula is C14H23N7. The van der Waals surface area contributed by atoms with Gasteiger partial charge < -0.3 is 10.6 Å². The van der Waals surface area contributed by atoms with Crippen molar-refractivity contribution in [3.05, 3.63) is 18.7 Å².